The number of rotatable bonds is 22. The molecule has 0 aliphatic carbocycles. The van der Waals surface area contributed by atoms with Gasteiger partial charge in [0.2, 0.25) is 0 Å². The van der Waals surface area contributed by atoms with Crippen LogP contribution in [0.2, 0.25) is 0 Å². The van der Waals surface area contributed by atoms with Gasteiger partial charge in [0.1, 0.15) is 17.0 Å². The number of alkyl carbamates (subject to hydrolysis) is 1. The molecular weight excluding hydrogens is 538 g/mol. The third kappa shape index (κ3) is 22.3. The molecule has 1 amide bonds. The van der Waals surface area contributed by atoms with Crippen LogP contribution in [0.25, 0.3) is 0 Å². The van der Waals surface area contributed by atoms with Crippen LogP contribution in [-0.2, 0) is 28.5 Å². The van der Waals surface area contributed by atoms with Crippen LogP contribution in [0.4, 0.5) is 4.79 Å². The molecule has 0 aromatic heterocycles. The Morgan fingerprint density at radius 3 is 1.64 bits per heavy atom. The molecular formula is C33H57NO8. The molecule has 0 radical (unpaired) electrons. The van der Waals surface area contributed by atoms with Crippen LogP contribution in [-0.4, -0.2) is 69.5 Å². The monoisotopic (exact) mass is 595 g/mol. The highest BCUT2D eigenvalue weighted by molar-refractivity contribution is 5.69. The zero-order valence-electron chi connectivity index (χ0n) is 27.3. The number of hydrogen-bond acceptors (Lipinski definition) is 8. The van der Waals surface area contributed by atoms with Gasteiger partial charge >= 0.3 is 12.1 Å². The van der Waals surface area contributed by atoms with Crippen LogP contribution in [0, 0.1) is 0 Å². The second-order valence-corrected chi connectivity index (χ2v) is 12.4. The number of amides is 1. The van der Waals surface area contributed by atoms with Crippen molar-refractivity contribution in [3.63, 3.8) is 0 Å². The Morgan fingerprint density at radius 2 is 1.12 bits per heavy atom. The Hall–Kier alpha value is -2.36. The maximum atomic E-state index is 12.0. The standard InChI is InChI=1S/C33H57NO8/c1-27(34-31(36)42-33(5,6)7)28-16-18-29(19-17-28)40-22-14-9-8-12-20-37-23-25-39-26-24-38-21-13-10-11-15-30(35)41-32(2,3)4/h16-19,27H,8-15,20-26H2,1-7H3,(H,34,36)/t27-/m0/s1. The normalized spacial score (nSPS) is 12.5. The number of esters is 1. The lowest BCUT2D eigenvalue weighted by Crippen LogP contribution is -2.34. The van der Waals surface area contributed by atoms with Crippen LogP contribution >= 0.6 is 0 Å². The lowest BCUT2D eigenvalue weighted by atomic mass is 10.1. The lowest BCUT2D eigenvalue weighted by molar-refractivity contribution is -0.154. The summed E-state index contributed by atoms with van der Waals surface area (Å²) >= 11 is 0. The summed E-state index contributed by atoms with van der Waals surface area (Å²) < 4.78 is 33.2. The van der Waals surface area contributed by atoms with E-state index in [2.05, 4.69) is 5.32 Å². The summed E-state index contributed by atoms with van der Waals surface area (Å²) in [6, 6.07) is 7.64. The maximum Gasteiger partial charge on any atom is 0.408 e. The molecule has 0 unspecified atom stereocenters. The topological polar surface area (TPSA) is 102 Å². The Morgan fingerprint density at radius 1 is 0.643 bits per heavy atom. The number of hydrogen-bond donors (Lipinski definition) is 1. The average molecular weight is 596 g/mol. The summed E-state index contributed by atoms with van der Waals surface area (Å²) in [5.41, 5.74) is 0.0614. The first-order chi connectivity index (χ1) is 19.9. The Kier molecular flexibility index (Phi) is 19.1. The van der Waals surface area contributed by atoms with E-state index in [0.29, 0.717) is 46.1 Å². The van der Waals surface area contributed by atoms with Crippen LogP contribution in [0.3, 0.4) is 0 Å². The van der Waals surface area contributed by atoms with Gasteiger partial charge in [0.05, 0.1) is 39.1 Å². The van der Waals surface area contributed by atoms with E-state index in [1.54, 1.807) is 0 Å². The molecule has 0 bridgehead atoms. The molecule has 0 spiro atoms. The van der Waals surface area contributed by atoms with Crippen molar-refractivity contribution in [2.45, 2.75) is 117 Å². The Bertz CT molecular complexity index is 845. The number of benzene rings is 1. The summed E-state index contributed by atoms with van der Waals surface area (Å²) in [5, 5.41) is 2.85. The van der Waals surface area contributed by atoms with Gasteiger partial charge < -0.3 is 33.7 Å². The fraction of sp³-hybridized carbons (Fsp3) is 0.758. The quantitative estimate of drug-likeness (QED) is 0.111. The molecule has 1 atom stereocenters. The number of ether oxygens (including phenoxy) is 6. The number of nitrogens with one attached hydrogen (secondary N) is 1. The van der Waals surface area contributed by atoms with Gasteiger partial charge in [-0.1, -0.05) is 25.0 Å². The van der Waals surface area contributed by atoms with Crippen molar-refractivity contribution in [2.75, 3.05) is 46.2 Å². The molecule has 9 heteroatoms. The average Bonchev–Trinajstić information content (AvgIpc) is 2.88. The van der Waals surface area contributed by atoms with Gasteiger partial charge in [-0.15, -0.1) is 0 Å². The highest BCUT2D eigenvalue weighted by Crippen LogP contribution is 2.19. The summed E-state index contributed by atoms with van der Waals surface area (Å²) in [6.07, 6.45) is 6.95. The van der Waals surface area contributed by atoms with Crippen molar-refractivity contribution < 1.29 is 38.0 Å². The molecule has 242 valence electrons. The molecule has 0 aliphatic heterocycles. The first kappa shape index (κ1) is 37.7. The van der Waals surface area contributed by atoms with E-state index in [-0.39, 0.29) is 12.0 Å². The van der Waals surface area contributed by atoms with Crippen LogP contribution in [0.15, 0.2) is 24.3 Å². The van der Waals surface area contributed by atoms with Crippen LogP contribution in [0.5, 0.6) is 5.75 Å². The molecule has 1 N–H and O–H groups in total. The van der Waals surface area contributed by atoms with Crippen molar-refractivity contribution in [1.82, 2.24) is 5.32 Å². The van der Waals surface area contributed by atoms with Gasteiger partial charge in [-0.2, -0.15) is 0 Å². The molecule has 0 heterocycles. The highest BCUT2D eigenvalue weighted by Gasteiger charge is 2.18. The van der Waals surface area contributed by atoms with E-state index in [9.17, 15) is 9.59 Å². The zero-order chi connectivity index (χ0) is 31.3. The van der Waals surface area contributed by atoms with Crippen molar-refractivity contribution in [1.29, 1.82) is 0 Å². The summed E-state index contributed by atoms with van der Waals surface area (Å²) in [5.74, 6) is 0.693. The second-order valence-electron chi connectivity index (χ2n) is 12.4. The number of unbranched alkanes of at least 4 members (excludes halogenated alkanes) is 5. The SMILES string of the molecule is C[C@H](NC(=O)OC(C)(C)C)c1ccc(OCCCCCCOCCOCCOCCCCCC(=O)OC(C)(C)C)cc1. The molecule has 1 aromatic carbocycles. The summed E-state index contributed by atoms with van der Waals surface area (Å²) in [6.45, 7) is 17.5. The zero-order valence-corrected chi connectivity index (χ0v) is 27.3. The van der Waals surface area contributed by atoms with Gasteiger partial charge in [-0.3, -0.25) is 4.79 Å². The first-order valence-corrected chi connectivity index (χ1v) is 15.5. The Labute approximate surface area is 254 Å². The molecule has 1 rings (SSSR count). The van der Waals surface area contributed by atoms with Gasteiger partial charge in [0.25, 0.3) is 0 Å². The van der Waals surface area contributed by atoms with Gasteiger partial charge in [0.15, 0.2) is 0 Å². The van der Waals surface area contributed by atoms with E-state index in [0.717, 1.165) is 62.9 Å². The van der Waals surface area contributed by atoms with Crippen molar-refractivity contribution in [2.24, 2.45) is 0 Å². The maximum absolute atomic E-state index is 12.0. The van der Waals surface area contributed by atoms with E-state index in [1.165, 1.54) is 0 Å². The number of carbonyl (C=O) groups excluding carboxylic acids is 2. The van der Waals surface area contributed by atoms with Crippen LogP contribution < -0.4 is 10.1 Å². The minimum absolute atomic E-state index is 0.133. The van der Waals surface area contributed by atoms with Gasteiger partial charge in [0, 0.05) is 19.6 Å². The van der Waals surface area contributed by atoms with Crippen LogP contribution in [0.1, 0.15) is 111 Å². The molecule has 1 aromatic rings. The largest absolute Gasteiger partial charge is 0.494 e. The molecule has 0 saturated carbocycles. The van der Waals surface area contributed by atoms with Crippen molar-refractivity contribution >= 4 is 12.1 Å². The van der Waals surface area contributed by atoms with E-state index in [1.807, 2.05) is 72.7 Å². The highest BCUT2D eigenvalue weighted by atomic mass is 16.6. The predicted octanol–water partition coefficient (Wildman–Crippen LogP) is 7.16. The predicted molar refractivity (Wildman–Crippen MR) is 165 cm³/mol. The minimum Gasteiger partial charge on any atom is -0.494 e. The first-order valence-electron chi connectivity index (χ1n) is 15.5. The molecule has 9 nitrogen and oxygen atoms in total. The third-order valence-electron chi connectivity index (χ3n) is 5.90. The molecule has 42 heavy (non-hydrogen) atoms. The Balaban J connectivity index is 1.89. The van der Waals surface area contributed by atoms with E-state index < -0.39 is 17.3 Å². The summed E-state index contributed by atoms with van der Waals surface area (Å²) in [7, 11) is 0. The van der Waals surface area contributed by atoms with Gasteiger partial charge in [-0.05, 0) is 98.3 Å². The number of carbonyl (C=O) groups is 2. The van der Waals surface area contributed by atoms with Crippen molar-refractivity contribution in [3.05, 3.63) is 29.8 Å². The lowest BCUT2D eigenvalue weighted by Gasteiger charge is -2.22. The van der Waals surface area contributed by atoms with E-state index in [4.69, 9.17) is 28.4 Å². The molecule has 0 saturated heterocycles. The minimum atomic E-state index is -0.519. The van der Waals surface area contributed by atoms with E-state index >= 15 is 0 Å². The fourth-order valence-corrected chi connectivity index (χ4v) is 3.85. The molecule has 0 fully saturated rings. The summed E-state index contributed by atoms with van der Waals surface area (Å²) in [4.78, 5) is 23.6. The van der Waals surface area contributed by atoms with Crippen molar-refractivity contribution in [3.8, 4) is 5.75 Å². The molecule has 0 aliphatic rings. The third-order valence-corrected chi connectivity index (χ3v) is 5.90. The second kappa shape index (κ2) is 21.3. The fourth-order valence-electron chi connectivity index (χ4n) is 3.85. The van der Waals surface area contributed by atoms with Gasteiger partial charge in [-0.25, -0.2) is 4.79 Å². The smallest absolute Gasteiger partial charge is 0.408 e.